The van der Waals surface area contributed by atoms with Crippen LogP contribution in [-0.4, -0.2) is 34.4 Å². The standard InChI is InChI=1S/C38H23NO9/c40-35-33-31(27-19-9-11-21-29(27)47-37(42)45-23-13-3-1-4-14-23)25-17-7-8-18-26(25)32(34(33)36(41)39(35)44)28-20-10-12-22-30(28)48-38(43)46-24-15-5-2-6-16-24/h1-22,44H. The molecule has 0 aliphatic carbocycles. The molecular weight excluding hydrogens is 614 g/mol. The summed E-state index contributed by atoms with van der Waals surface area (Å²) in [7, 11) is 0. The first kappa shape index (κ1) is 29.9. The number of ether oxygens (including phenoxy) is 4. The van der Waals surface area contributed by atoms with Gasteiger partial charge in [-0.1, -0.05) is 97.1 Å². The Labute approximate surface area is 272 Å². The molecule has 10 nitrogen and oxygen atoms in total. The number of para-hydroxylation sites is 4. The Bertz CT molecular complexity index is 2080. The predicted molar refractivity (Wildman–Crippen MR) is 173 cm³/mol. The van der Waals surface area contributed by atoms with Crippen LogP contribution in [0.5, 0.6) is 23.0 Å². The summed E-state index contributed by atoms with van der Waals surface area (Å²) in [5, 5.41) is 11.7. The fourth-order valence-corrected chi connectivity index (χ4v) is 5.64. The quantitative estimate of drug-likeness (QED) is 0.0829. The number of nitrogens with zero attached hydrogens (tertiary/aromatic N) is 1. The minimum absolute atomic E-state index is 0.0385. The molecule has 0 fully saturated rings. The average molecular weight is 638 g/mol. The Hall–Kier alpha value is -6.78. The minimum Gasteiger partial charge on any atom is -0.395 e. The van der Waals surface area contributed by atoms with Crippen molar-refractivity contribution >= 4 is 34.9 Å². The lowest BCUT2D eigenvalue weighted by Gasteiger charge is -2.19. The van der Waals surface area contributed by atoms with Gasteiger partial charge in [-0.2, -0.15) is 0 Å². The third-order valence-corrected chi connectivity index (χ3v) is 7.62. The van der Waals surface area contributed by atoms with Gasteiger partial charge in [-0.05, 0) is 47.2 Å². The number of hydroxylamine groups is 2. The van der Waals surface area contributed by atoms with Crippen molar-refractivity contribution in [1.82, 2.24) is 5.06 Å². The van der Waals surface area contributed by atoms with Crippen LogP contribution in [0.2, 0.25) is 0 Å². The maximum Gasteiger partial charge on any atom is 0.519 e. The van der Waals surface area contributed by atoms with E-state index in [2.05, 4.69) is 0 Å². The molecule has 10 heteroatoms. The van der Waals surface area contributed by atoms with Crippen LogP contribution in [0.3, 0.4) is 0 Å². The first-order valence-electron chi connectivity index (χ1n) is 14.7. The number of carbonyl (C=O) groups is 4. The molecule has 1 heterocycles. The van der Waals surface area contributed by atoms with Gasteiger partial charge in [0.05, 0.1) is 11.1 Å². The zero-order valence-corrected chi connectivity index (χ0v) is 24.9. The topological polar surface area (TPSA) is 129 Å². The Morgan fingerprint density at radius 1 is 0.438 bits per heavy atom. The second kappa shape index (κ2) is 12.5. The number of hydrogen-bond donors (Lipinski definition) is 1. The molecule has 6 aromatic rings. The van der Waals surface area contributed by atoms with E-state index in [1.165, 1.54) is 12.1 Å². The van der Waals surface area contributed by atoms with Gasteiger partial charge in [-0.15, -0.1) is 5.06 Å². The largest absolute Gasteiger partial charge is 0.519 e. The summed E-state index contributed by atoms with van der Waals surface area (Å²) in [6.07, 6.45) is -2.04. The highest BCUT2D eigenvalue weighted by Crippen LogP contribution is 2.48. The Kier molecular flexibility index (Phi) is 7.82. The van der Waals surface area contributed by atoms with Gasteiger partial charge in [0.15, 0.2) is 0 Å². The molecular formula is C38H23NO9. The SMILES string of the molecule is O=C(Oc1ccccc1)Oc1ccccc1-c1c2c(c(-c3ccccc3OC(=O)Oc3ccccc3)c3ccccc13)C(=O)N(O)C2=O. The molecule has 0 bridgehead atoms. The second-order valence-electron chi connectivity index (χ2n) is 10.5. The lowest BCUT2D eigenvalue weighted by molar-refractivity contribution is -0.0326. The van der Waals surface area contributed by atoms with E-state index in [0.29, 0.717) is 10.8 Å². The van der Waals surface area contributed by atoms with Crippen molar-refractivity contribution in [2.24, 2.45) is 0 Å². The first-order valence-corrected chi connectivity index (χ1v) is 14.7. The average Bonchev–Trinajstić information content (AvgIpc) is 3.32. The van der Waals surface area contributed by atoms with Crippen LogP contribution in [0.4, 0.5) is 9.59 Å². The maximum atomic E-state index is 13.7. The van der Waals surface area contributed by atoms with Crippen LogP contribution in [0, 0.1) is 0 Å². The number of amides is 2. The summed E-state index contributed by atoms with van der Waals surface area (Å²) < 4.78 is 21.9. The van der Waals surface area contributed by atoms with E-state index >= 15 is 0 Å². The monoisotopic (exact) mass is 637 g/mol. The van der Waals surface area contributed by atoms with E-state index in [0.717, 1.165) is 0 Å². The van der Waals surface area contributed by atoms with Crippen molar-refractivity contribution in [2.45, 2.75) is 0 Å². The summed E-state index contributed by atoms with van der Waals surface area (Å²) in [5.41, 5.74) is 0.784. The van der Waals surface area contributed by atoms with Gasteiger partial charge < -0.3 is 18.9 Å². The molecule has 0 unspecified atom stereocenters. The predicted octanol–water partition coefficient (Wildman–Crippen LogP) is 8.31. The van der Waals surface area contributed by atoms with Crippen molar-refractivity contribution in [2.75, 3.05) is 0 Å². The molecule has 234 valence electrons. The summed E-state index contributed by atoms with van der Waals surface area (Å²) in [5.74, 6) is -1.35. The number of rotatable bonds is 6. The number of carbonyl (C=O) groups excluding carboxylic acids is 4. The highest BCUT2D eigenvalue weighted by molar-refractivity contribution is 6.31. The van der Waals surface area contributed by atoms with E-state index in [1.807, 2.05) is 0 Å². The molecule has 0 saturated carbocycles. The van der Waals surface area contributed by atoms with E-state index in [-0.39, 0.29) is 61.4 Å². The summed E-state index contributed by atoms with van der Waals surface area (Å²) in [4.78, 5) is 53.1. The van der Waals surface area contributed by atoms with Crippen molar-refractivity contribution in [1.29, 1.82) is 0 Å². The minimum atomic E-state index is -1.02. The maximum absolute atomic E-state index is 13.7. The molecule has 6 aromatic carbocycles. The molecule has 1 aliphatic rings. The van der Waals surface area contributed by atoms with Crippen LogP contribution < -0.4 is 18.9 Å². The normalized spacial score (nSPS) is 12.1. The smallest absolute Gasteiger partial charge is 0.395 e. The van der Waals surface area contributed by atoms with Crippen molar-refractivity contribution in [3.63, 3.8) is 0 Å². The molecule has 1 aliphatic heterocycles. The molecule has 2 amide bonds. The molecule has 0 aromatic heterocycles. The van der Waals surface area contributed by atoms with Gasteiger partial charge in [0.2, 0.25) is 0 Å². The van der Waals surface area contributed by atoms with E-state index in [9.17, 15) is 24.4 Å². The fourth-order valence-electron chi connectivity index (χ4n) is 5.64. The van der Waals surface area contributed by atoms with Crippen LogP contribution >= 0.6 is 0 Å². The summed E-state index contributed by atoms with van der Waals surface area (Å²) >= 11 is 0. The zero-order valence-electron chi connectivity index (χ0n) is 24.9. The third kappa shape index (κ3) is 5.48. The van der Waals surface area contributed by atoms with Gasteiger partial charge in [0.25, 0.3) is 11.8 Å². The van der Waals surface area contributed by atoms with Gasteiger partial charge in [0.1, 0.15) is 23.0 Å². The number of imide groups is 1. The van der Waals surface area contributed by atoms with Gasteiger partial charge in [0, 0.05) is 22.3 Å². The highest BCUT2D eigenvalue weighted by atomic mass is 16.7. The van der Waals surface area contributed by atoms with E-state index in [4.69, 9.17) is 18.9 Å². The Balaban J connectivity index is 1.39. The van der Waals surface area contributed by atoms with E-state index in [1.54, 1.807) is 121 Å². The lowest BCUT2D eigenvalue weighted by atomic mass is 9.84. The number of hydrogen-bond acceptors (Lipinski definition) is 9. The van der Waals surface area contributed by atoms with Crippen LogP contribution in [0.25, 0.3) is 33.0 Å². The van der Waals surface area contributed by atoms with Crippen molar-refractivity contribution in [3.05, 3.63) is 145 Å². The molecule has 0 radical (unpaired) electrons. The molecule has 0 spiro atoms. The molecule has 0 atom stereocenters. The second-order valence-corrected chi connectivity index (χ2v) is 10.5. The first-order chi connectivity index (χ1) is 23.4. The third-order valence-electron chi connectivity index (χ3n) is 7.62. The molecule has 7 rings (SSSR count). The van der Waals surface area contributed by atoms with E-state index < -0.39 is 24.1 Å². The Morgan fingerprint density at radius 3 is 1.21 bits per heavy atom. The van der Waals surface area contributed by atoms with Crippen molar-refractivity contribution in [3.8, 4) is 45.3 Å². The molecule has 48 heavy (non-hydrogen) atoms. The van der Waals surface area contributed by atoms with Crippen LogP contribution in [-0.2, 0) is 0 Å². The zero-order chi connectivity index (χ0) is 33.2. The highest BCUT2D eigenvalue weighted by Gasteiger charge is 2.42. The van der Waals surface area contributed by atoms with Gasteiger partial charge in [-0.25, -0.2) is 9.59 Å². The molecule has 0 saturated heterocycles. The number of benzene rings is 6. The Morgan fingerprint density at radius 2 is 0.792 bits per heavy atom. The van der Waals surface area contributed by atoms with Crippen molar-refractivity contribution < 1.29 is 43.3 Å². The number of fused-ring (bicyclic) bond motifs is 2. The lowest BCUT2D eigenvalue weighted by Crippen LogP contribution is -2.25. The van der Waals surface area contributed by atoms with Gasteiger partial charge >= 0.3 is 12.3 Å². The summed E-state index contributed by atoms with van der Waals surface area (Å²) in [6.45, 7) is 0. The van der Waals surface area contributed by atoms with Crippen LogP contribution in [0.15, 0.2) is 133 Å². The molecule has 1 N–H and O–H groups in total. The fraction of sp³-hybridized carbons (Fsp3) is 0. The van der Waals surface area contributed by atoms with Gasteiger partial charge in [-0.3, -0.25) is 14.8 Å². The van der Waals surface area contributed by atoms with Crippen LogP contribution in [0.1, 0.15) is 20.7 Å². The summed E-state index contributed by atoms with van der Waals surface area (Å²) in [6, 6.07) is 36.6.